The zero-order chi connectivity index (χ0) is 19.1. The van der Waals surface area contributed by atoms with Crippen LogP contribution < -0.4 is 14.8 Å². The van der Waals surface area contributed by atoms with E-state index in [2.05, 4.69) is 5.32 Å². The van der Waals surface area contributed by atoms with Gasteiger partial charge in [-0.25, -0.2) is 0 Å². The number of carbonyl (C=O) groups is 3. The first kappa shape index (κ1) is 18.7. The third-order valence-electron chi connectivity index (χ3n) is 3.25. The van der Waals surface area contributed by atoms with Gasteiger partial charge >= 0.3 is 5.97 Å². The van der Waals surface area contributed by atoms with Crippen molar-refractivity contribution in [3.05, 3.63) is 59.7 Å². The summed E-state index contributed by atoms with van der Waals surface area (Å²) in [6, 6.07) is 10.6. The van der Waals surface area contributed by atoms with Gasteiger partial charge in [-0.15, -0.1) is 0 Å². The highest BCUT2D eigenvalue weighted by atomic mass is 16.6. The maximum Gasteiger partial charge on any atom is 0.308 e. The van der Waals surface area contributed by atoms with Crippen LogP contribution in [0.3, 0.4) is 0 Å². The van der Waals surface area contributed by atoms with Crippen molar-refractivity contribution >= 4 is 23.9 Å². The predicted octanol–water partition coefficient (Wildman–Crippen LogP) is 2.30. The second-order valence-corrected chi connectivity index (χ2v) is 5.17. The fourth-order valence-electron chi connectivity index (χ4n) is 2.09. The monoisotopic (exact) mass is 355 g/mol. The lowest BCUT2D eigenvalue weighted by Crippen LogP contribution is -2.28. The number of benzene rings is 2. The van der Waals surface area contributed by atoms with E-state index in [0.29, 0.717) is 11.3 Å². The Labute approximate surface area is 149 Å². The molecule has 7 heteroatoms. The van der Waals surface area contributed by atoms with Gasteiger partial charge in [0.05, 0.1) is 12.7 Å². The van der Waals surface area contributed by atoms with Crippen molar-refractivity contribution in [1.82, 2.24) is 5.32 Å². The number of hydrogen-bond donors (Lipinski definition) is 2. The Hall–Kier alpha value is -3.61. The number of aromatic hydroxyl groups is 1. The van der Waals surface area contributed by atoms with E-state index < -0.39 is 17.8 Å². The van der Waals surface area contributed by atoms with Gasteiger partial charge in [-0.1, -0.05) is 18.2 Å². The molecule has 0 fully saturated rings. The van der Waals surface area contributed by atoms with Crippen molar-refractivity contribution in [3.63, 3.8) is 0 Å². The largest absolute Gasteiger partial charge is 0.507 e. The summed E-state index contributed by atoms with van der Waals surface area (Å²) in [5, 5.41) is 11.8. The summed E-state index contributed by atoms with van der Waals surface area (Å²) in [6.45, 7) is 1.28. The van der Waals surface area contributed by atoms with Crippen molar-refractivity contribution in [3.8, 4) is 17.2 Å². The fraction of sp³-hybridized carbons (Fsp3) is 0.105. The van der Waals surface area contributed by atoms with Gasteiger partial charge in [-0.2, -0.15) is 0 Å². The first-order chi connectivity index (χ1) is 12.4. The maximum atomic E-state index is 11.9. The molecule has 0 aromatic heterocycles. The van der Waals surface area contributed by atoms with Gasteiger partial charge in [0.1, 0.15) is 5.75 Å². The van der Waals surface area contributed by atoms with E-state index in [1.165, 1.54) is 38.3 Å². The molecule has 26 heavy (non-hydrogen) atoms. The Kier molecular flexibility index (Phi) is 6.10. The molecule has 0 saturated heterocycles. The number of amides is 2. The summed E-state index contributed by atoms with van der Waals surface area (Å²) >= 11 is 0. The Morgan fingerprint density at radius 3 is 2.46 bits per heavy atom. The van der Waals surface area contributed by atoms with E-state index >= 15 is 0 Å². The SMILES string of the molecule is COc1cc(/C=C/C(=O)NC(=O)c2ccccc2O)ccc1OC(C)=O. The molecule has 0 atom stereocenters. The highest BCUT2D eigenvalue weighted by molar-refractivity contribution is 6.10. The van der Waals surface area contributed by atoms with Crippen LogP contribution in [0.2, 0.25) is 0 Å². The molecule has 0 heterocycles. The summed E-state index contributed by atoms with van der Waals surface area (Å²) < 4.78 is 10.1. The van der Waals surface area contributed by atoms with Gasteiger partial charge in [-0.05, 0) is 35.9 Å². The summed E-state index contributed by atoms with van der Waals surface area (Å²) in [6.07, 6.45) is 2.63. The minimum atomic E-state index is -0.708. The van der Waals surface area contributed by atoms with E-state index in [0.717, 1.165) is 6.08 Å². The lowest BCUT2D eigenvalue weighted by atomic mass is 10.1. The second-order valence-electron chi connectivity index (χ2n) is 5.17. The standard InChI is InChI=1S/C19H17NO6/c1-12(21)26-16-9-7-13(11-17(16)25-2)8-10-18(23)20-19(24)14-5-3-4-6-15(14)22/h3-11,22H,1-2H3,(H,20,23,24)/b10-8+. The number of nitrogens with one attached hydrogen (secondary N) is 1. The zero-order valence-corrected chi connectivity index (χ0v) is 14.2. The third-order valence-corrected chi connectivity index (χ3v) is 3.25. The summed E-state index contributed by atoms with van der Waals surface area (Å²) in [5.74, 6) is -1.47. The predicted molar refractivity (Wildman–Crippen MR) is 93.9 cm³/mol. The van der Waals surface area contributed by atoms with E-state index in [-0.39, 0.29) is 17.1 Å². The van der Waals surface area contributed by atoms with Crippen LogP contribution >= 0.6 is 0 Å². The third kappa shape index (κ3) is 4.94. The number of carbonyl (C=O) groups excluding carboxylic acids is 3. The number of ether oxygens (including phenoxy) is 2. The highest BCUT2D eigenvalue weighted by Crippen LogP contribution is 2.28. The number of esters is 1. The van der Waals surface area contributed by atoms with E-state index in [4.69, 9.17) is 9.47 Å². The smallest absolute Gasteiger partial charge is 0.308 e. The lowest BCUT2D eigenvalue weighted by molar-refractivity contribution is -0.132. The molecule has 2 rings (SSSR count). The highest BCUT2D eigenvalue weighted by Gasteiger charge is 2.12. The van der Waals surface area contributed by atoms with Crippen LogP contribution in [0.4, 0.5) is 0 Å². The Bertz CT molecular complexity index is 872. The van der Waals surface area contributed by atoms with Crippen molar-refractivity contribution < 1.29 is 29.0 Å². The summed E-state index contributed by atoms with van der Waals surface area (Å²) in [5.41, 5.74) is 0.601. The van der Waals surface area contributed by atoms with Crippen LogP contribution in [0.1, 0.15) is 22.8 Å². The summed E-state index contributed by atoms with van der Waals surface area (Å²) in [7, 11) is 1.42. The summed E-state index contributed by atoms with van der Waals surface area (Å²) in [4.78, 5) is 34.8. The van der Waals surface area contributed by atoms with Crippen molar-refractivity contribution in [1.29, 1.82) is 0 Å². The topological polar surface area (TPSA) is 102 Å². The van der Waals surface area contributed by atoms with Crippen molar-refractivity contribution in [2.24, 2.45) is 0 Å². The van der Waals surface area contributed by atoms with Crippen LogP contribution in [-0.4, -0.2) is 30.0 Å². The minimum absolute atomic E-state index is 0.00153. The molecule has 0 saturated carbocycles. The van der Waals surface area contributed by atoms with Crippen molar-refractivity contribution in [2.45, 2.75) is 6.92 Å². The number of para-hydroxylation sites is 1. The normalized spacial score (nSPS) is 10.4. The van der Waals surface area contributed by atoms with Gasteiger partial charge in [0, 0.05) is 13.0 Å². The van der Waals surface area contributed by atoms with Gasteiger partial charge in [0.15, 0.2) is 11.5 Å². The molecule has 2 N–H and O–H groups in total. The van der Waals surface area contributed by atoms with Crippen LogP contribution in [-0.2, 0) is 9.59 Å². The Morgan fingerprint density at radius 1 is 1.08 bits per heavy atom. The van der Waals surface area contributed by atoms with E-state index in [1.54, 1.807) is 24.3 Å². The molecule has 134 valence electrons. The first-order valence-electron chi connectivity index (χ1n) is 7.58. The van der Waals surface area contributed by atoms with Gasteiger partial charge in [0.25, 0.3) is 11.8 Å². The molecule has 7 nitrogen and oxygen atoms in total. The molecule has 0 spiro atoms. The molecule has 0 aliphatic rings. The number of imide groups is 1. The molecule has 0 aliphatic heterocycles. The zero-order valence-electron chi connectivity index (χ0n) is 14.2. The first-order valence-corrected chi connectivity index (χ1v) is 7.58. The molecule has 0 bridgehead atoms. The molecule has 0 aliphatic carbocycles. The van der Waals surface area contributed by atoms with Crippen LogP contribution in [0.15, 0.2) is 48.5 Å². The molecule has 2 amide bonds. The second kappa shape index (κ2) is 8.48. The molecule has 0 radical (unpaired) electrons. The van der Waals surface area contributed by atoms with Gasteiger partial charge in [-0.3, -0.25) is 19.7 Å². The maximum absolute atomic E-state index is 11.9. The lowest BCUT2D eigenvalue weighted by Gasteiger charge is -2.08. The van der Waals surface area contributed by atoms with Gasteiger partial charge in [0.2, 0.25) is 0 Å². The number of methoxy groups -OCH3 is 1. The molecular weight excluding hydrogens is 338 g/mol. The Morgan fingerprint density at radius 2 is 1.81 bits per heavy atom. The fourth-order valence-corrected chi connectivity index (χ4v) is 2.09. The Balaban J connectivity index is 2.07. The molecule has 0 unspecified atom stereocenters. The van der Waals surface area contributed by atoms with Crippen LogP contribution in [0.25, 0.3) is 6.08 Å². The van der Waals surface area contributed by atoms with Gasteiger partial charge < -0.3 is 14.6 Å². The van der Waals surface area contributed by atoms with Crippen LogP contribution in [0, 0.1) is 0 Å². The molecule has 2 aromatic rings. The quantitative estimate of drug-likeness (QED) is 0.485. The average Bonchev–Trinajstić information content (AvgIpc) is 2.60. The van der Waals surface area contributed by atoms with E-state index in [1.807, 2.05) is 0 Å². The number of hydrogen-bond acceptors (Lipinski definition) is 6. The number of phenols is 1. The minimum Gasteiger partial charge on any atom is -0.507 e. The average molecular weight is 355 g/mol. The molecular formula is C19H17NO6. The van der Waals surface area contributed by atoms with E-state index in [9.17, 15) is 19.5 Å². The molecule has 2 aromatic carbocycles. The van der Waals surface area contributed by atoms with Crippen molar-refractivity contribution in [2.75, 3.05) is 7.11 Å². The number of phenolic OH excluding ortho intramolecular Hbond substituents is 1. The van der Waals surface area contributed by atoms with Crippen LogP contribution in [0.5, 0.6) is 17.2 Å². The number of rotatable bonds is 5.